The average molecular weight is 164 g/mol. The molecular weight excluding hydrogens is 156 g/mol. The molecule has 0 atom stereocenters. The van der Waals surface area contributed by atoms with Gasteiger partial charge in [0.05, 0.1) is 24.4 Å². The number of methoxy groups -OCH3 is 1. The Hall–Kier alpha value is -1.89. The normalized spacial score (nSPS) is 9.00. The van der Waals surface area contributed by atoms with Crippen molar-refractivity contribution < 1.29 is 9.84 Å². The van der Waals surface area contributed by atoms with Crippen molar-refractivity contribution in [2.45, 2.75) is 0 Å². The van der Waals surface area contributed by atoms with E-state index in [0.717, 1.165) is 0 Å². The van der Waals surface area contributed by atoms with Crippen LogP contribution < -0.4 is 10.5 Å². The molecule has 0 heterocycles. The van der Waals surface area contributed by atoms with Gasteiger partial charge >= 0.3 is 0 Å². The third-order valence-corrected chi connectivity index (χ3v) is 1.45. The second-order valence-corrected chi connectivity index (χ2v) is 2.23. The molecule has 0 saturated heterocycles. The molecule has 3 N–H and O–H groups in total. The Morgan fingerprint density at radius 2 is 2.25 bits per heavy atom. The summed E-state index contributed by atoms with van der Waals surface area (Å²) in [6.07, 6.45) is 0. The van der Waals surface area contributed by atoms with E-state index in [1.807, 2.05) is 6.07 Å². The fraction of sp³-hybridized carbons (Fsp3) is 0.125. The Kier molecular flexibility index (Phi) is 2.06. The molecule has 0 spiro atoms. The summed E-state index contributed by atoms with van der Waals surface area (Å²) in [6, 6.07) is 4.71. The first-order chi connectivity index (χ1) is 5.69. The summed E-state index contributed by atoms with van der Waals surface area (Å²) in [5.74, 6) is 0.0862. The molecule has 0 aliphatic carbocycles. The molecule has 4 heteroatoms. The van der Waals surface area contributed by atoms with Gasteiger partial charge < -0.3 is 15.6 Å². The molecule has 0 unspecified atom stereocenters. The van der Waals surface area contributed by atoms with Gasteiger partial charge in [-0.1, -0.05) is 0 Å². The highest BCUT2D eigenvalue weighted by Gasteiger charge is 2.06. The van der Waals surface area contributed by atoms with Crippen LogP contribution in [0.1, 0.15) is 5.56 Å². The van der Waals surface area contributed by atoms with Gasteiger partial charge in [-0.3, -0.25) is 0 Å². The molecule has 4 nitrogen and oxygen atoms in total. The van der Waals surface area contributed by atoms with Gasteiger partial charge in [-0.15, -0.1) is 0 Å². The van der Waals surface area contributed by atoms with E-state index in [4.69, 9.17) is 15.7 Å². The van der Waals surface area contributed by atoms with Crippen molar-refractivity contribution in [2.75, 3.05) is 12.8 Å². The number of phenols is 1. The maximum atomic E-state index is 9.26. The van der Waals surface area contributed by atoms with Gasteiger partial charge in [-0.25, -0.2) is 0 Å². The first-order valence-electron chi connectivity index (χ1n) is 3.25. The lowest BCUT2D eigenvalue weighted by Crippen LogP contribution is -1.91. The fourth-order valence-corrected chi connectivity index (χ4v) is 0.850. The minimum Gasteiger partial charge on any atom is -0.503 e. The lowest BCUT2D eigenvalue weighted by atomic mass is 10.2. The monoisotopic (exact) mass is 164 g/mol. The standard InChI is InChI=1S/C8H8N2O2/c1-12-7-3-5(4-9)2-6(10)8(7)11/h2-3,11H,10H2,1H3. The summed E-state index contributed by atoms with van der Waals surface area (Å²) in [6.45, 7) is 0. The van der Waals surface area contributed by atoms with Crippen molar-refractivity contribution in [3.8, 4) is 17.6 Å². The molecule has 0 aliphatic rings. The fourth-order valence-electron chi connectivity index (χ4n) is 0.850. The predicted octanol–water partition coefficient (Wildman–Crippen LogP) is 0.855. The Balaban J connectivity index is 3.31. The number of rotatable bonds is 1. The number of nitriles is 1. The second-order valence-electron chi connectivity index (χ2n) is 2.23. The minimum absolute atomic E-state index is 0.128. The SMILES string of the molecule is COc1cc(C#N)cc(N)c1O. The summed E-state index contributed by atoms with van der Waals surface area (Å²) in [7, 11) is 1.40. The third-order valence-electron chi connectivity index (χ3n) is 1.45. The van der Waals surface area contributed by atoms with Gasteiger partial charge in [0, 0.05) is 6.07 Å². The van der Waals surface area contributed by atoms with Crippen molar-refractivity contribution in [3.05, 3.63) is 17.7 Å². The van der Waals surface area contributed by atoms with Crippen LogP contribution in [-0.2, 0) is 0 Å². The molecule has 0 radical (unpaired) electrons. The maximum absolute atomic E-state index is 9.26. The van der Waals surface area contributed by atoms with Crippen LogP contribution in [0.2, 0.25) is 0 Å². The lowest BCUT2D eigenvalue weighted by molar-refractivity contribution is 0.374. The van der Waals surface area contributed by atoms with Gasteiger partial charge in [0.15, 0.2) is 11.5 Å². The number of phenolic OH excluding ortho intramolecular Hbond substituents is 1. The topological polar surface area (TPSA) is 79.3 Å². The highest BCUT2D eigenvalue weighted by atomic mass is 16.5. The van der Waals surface area contributed by atoms with Crippen molar-refractivity contribution in [1.82, 2.24) is 0 Å². The number of nitrogens with two attached hydrogens (primary N) is 1. The number of ether oxygens (including phenoxy) is 1. The summed E-state index contributed by atoms with van der Waals surface area (Å²) < 4.78 is 4.79. The maximum Gasteiger partial charge on any atom is 0.181 e. The zero-order valence-electron chi connectivity index (χ0n) is 6.53. The number of anilines is 1. The first kappa shape index (κ1) is 8.21. The van der Waals surface area contributed by atoms with E-state index in [1.165, 1.54) is 19.2 Å². The highest BCUT2D eigenvalue weighted by Crippen LogP contribution is 2.32. The summed E-state index contributed by atoms with van der Waals surface area (Å²) in [5.41, 5.74) is 5.90. The molecule has 62 valence electrons. The molecule has 0 fully saturated rings. The first-order valence-corrected chi connectivity index (χ1v) is 3.25. The highest BCUT2D eigenvalue weighted by molar-refractivity contribution is 5.63. The quantitative estimate of drug-likeness (QED) is 0.476. The van der Waals surface area contributed by atoms with Crippen molar-refractivity contribution in [3.63, 3.8) is 0 Å². The van der Waals surface area contributed by atoms with Crippen LogP contribution in [0.15, 0.2) is 12.1 Å². The lowest BCUT2D eigenvalue weighted by Gasteiger charge is -2.05. The zero-order chi connectivity index (χ0) is 9.14. The van der Waals surface area contributed by atoms with Gasteiger partial charge in [-0.2, -0.15) is 5.26 Å². The van der Waals surface area contributed by atoms with E-state index in [0.29, 0.717) is 5.56 Å². The molecule has 1 rings (SSSR count). The van der Waals surface area contributed by atoms with Crippen molar-refractivity contribution >= 4 is 5.69 Å². The van der Waals surface area contributed by atoms with E-state index in [9.17, 15) is 5.11 Å². The van der Waals surface area contributed by atoms with Crippen LogP contribution in [0.3, 0.4) is 0 Å². The van der Waals surface area contributed by atoms with Crippen LogP contribution in [-0.4, -0.2) is 12.2 Å². The Morgan fingerprint density at radius 1 is 1.58 bits per heavy atom. The molecule has 0 aliphatic heterocycles. The smallest absolute Gasteiger partial charge is 0.181 e. The minimum atomic E-state index is -0.128. The average Bonchev–Trinajstić information content (AvgIpc) is 2.09. The van der Waals surface area contributed by atoms with E-state index in [2.05, 4.69) is 0 Å². The van der Waals surface area contributed by atoms with Crippen molar-refractivity contribution in [2.24, 2.45) is 0 Å². The molecule has 0 bridgehead atoms. The summed E-state index contributed by atoms with van der Waals surface area (Å²) in [4.78, 5) is 0. The molecule has 0 amide bonds. The molecule has 1 aromatic carbocycles. The number of nitrogen functional groups attached to an aromatic ring is 1. The van der Waals surface area contributed by atoms with E-state index < -0.39 is 0 Å². The van der Waals surface area contributed by atoms with E-state index in [1.54, 1.807) is 0 Å². The molecule has 12 heavy (non-hydrogen) atoms. The van der Waals surface area contributed by atoms with Gasteiger partial charge in [-0.05, 0) is 6.07 Å². The van der Waals surface area contributed by atoms with Crippen LogP contribution in [0, 0.1) is 11.3 Å². The molecule has 0 saturated carbocycles. The predicted molar refractivity (Wildman–Crippen MR) is 43.8 cm³/mol. The number of nitrogens with zero attached hydrogens (tertiary/aromatic N) is 1. The van der Waals surface area contributed by atoms with Crippen LogP contribution >= 0.6 is 0 Å². The van der Waals surface area contributed by atoms with E-state index >= 15 is 0 Å². The summed E-state index contributed by atoms with van der Waals surface area (Å²) >= 11 is 0. The Labute approximate surface area is 69.8 Å². The molecule has 0 aromatic heterocycles. The van der Waals surface area contributed by atoms with Gasteiger partial charge in [0.1, 0.15) is 0 Å². The van der Waals surface area contributed by atoms with E-state index in [-0.39, 0.29) is 17.2 Å². The Morgan fingerprint density at radius 3 is 2.75 bits per heavy atom. The van der Waals surface area contributed by atoms with Gasteiger partial charge in [0.2, 0.25) is 0 Å². The molecule has 1 aromatic rings. The number of hydrogen-bond acceptors (Lipinski definition) is 4. The van der Waals surface area contributed by atoms with Crippen LogP contribution in [0.4, 0.5) is 5.69 Å². The van der Waals surface area contributed by atoms with Crippen LogP contribution in [0.25, 0.3) is 0 Å². The summed E-state index contributed by atoms with van der Waals surface area (Å²) in [5, 5.41) is 17.8. The number of aromatic hydroxyl groups is 1. The zero-order valence-corrected chi connectivity index (χ0v) is 6.53. The third kappa shape index (κ3) is 1.25. The second kappa shape index (κ2) is 3.01. The van der Waals surface area contributed by atoms with Crippen LogP contribution in [0.5, 0.6) is 11.5 Å². The number of hydrogen-bond donors (Lipinski definition) is 2. The number of benzene rings is 1. The molecular formula is C8H8N2O2. The van der Waals surface area contributed by atoms with Gasteiger partial charge in [0.25, 0.3) is 0 Å². The Bertz CT molecular complexity index is 342. The largest absolute Gasteiger partial charge is 0.503 e. The van der Waals surface area contributed by atoms with Crippen molar-refractivity contribution in [1.29, 1.82) is 5.26 Å².